The Bertz CT molecular complexity index is 1240. The maximum Gasteiger partial charge on any atom is 0.284 e. The van der Waals surface area contributed by atoms with Gasteiger partial charge >= 0.3 is 0 Å². The third-order valence-electron chi connectivity index (χ3n) is 4.59. The van der Waals surface area contributed by atoms with Gasteiger partial charge in [0.2, 0.25) is 0 Å². The molecule has 0 N–H and O–H groups in total. The van der Waals surface area contributed by atoms with Gasteiger partial charge in [-0.3, -0.25) is 14.6 Å². The van der Waals surface area contributed by atoms with Crippen LogP contribution in [0.1, 0.15) is 20.8 Å². The lowest BCUT2D eigenvalue weighted by Crippen LogP contribution is -2.30. The van der Waals surface area contributed by atoms with Crippen LogP contribution >= 0.6 is 46.5 Å². The Morgan fingerprint density at radius 3 is 2.48 bits per heavy atom. The summed E-state index contributed by atoms with van der Waals surface area (Å²) in [6, 6.07) is 5.77. The normalized spacial score (nSPS) is 21.2. The number of hydrogen-bond donors (Lipinski definition) is 0. The predicted octanol–water partition coefficient (Wildman–Crippen LogP) is 5.11. The summed E-state index contributed by atoms with van der Waals surface area (Å²) in [7, 11) is -4.00. The summed E-state index contributed by atoms with van der Waals surface area (Å²) < 4.78 is 29.6. The summed E-state index contributed by atoms with van der Waals surface area (Å²) in [6.07, 6.45) is 1.71. The highest BCUT2D eigenvalue weighted by atomic mass is 35.5. The van der Waals surface area contributed by atoms with Gasteiger partial charge in [0.05, 0.1) is 4.90 Å². The molecule has 0 radical (unpaired) electrons. The molecule has 162 valence electrons. The molecule has 1 amide bonds. The second kappa shape index (κ2) is 8.62. The van der Waals surface area contributed by atoms with Gasteiger partial charge in [0.15, 0.2) is 10.3 Å². The molecule has 1 aromatic carbocycles. The molecule has 4 rings (SSSR count). The number of benzene rings is 1. The van der Waals surface area contributed by atoms with E-state index in [1.54, 1.807) is 13.1 Å². The topological polar surface area (TPSA) is 82.9 Å². The van der Waals surface area contributed by atoms with Crippen molar-refractivity contribution >= 4 is 72.7 Å². The smallest absolute Gasteiger partial charge is 0.284 e. The fraction of sp³-hybridized carbons (Fsp3) is 0.211. The standard InChI is InChI=1S/C19H17ClN4O3S4/c1-4-23-16(25)15(17-24(11(2)12(3)29-17)18-21-9-10-28-18)30-19(23)22-31(26,27)14-7-5-13(20)6-8-14/h5-10H,4H2,1-3H3/b17-15+,22-19+. The molecule has 0 bridgehead atoms. The van der Waals surface area contributed by atoms with Gasteiger partial charge < -0.3 is 0 Å². The van der Waals surface area contributed by atoms with Gasteiger partial charge in [-0.1, -0.05) is 23.4 Å². The minimum absolute atomic E-state index is 0.0163. The number of amides is 1. The van der Waals surface area contributed by atoms with E-state index in [0.717, 1.165) is 27.5 Å². The number of amidine groups is 1. The molecule has 2 aliphatic heterocycles. The molecule has 1 aromatic heterocycles. The van der Waals surface area contributed by atoms with Crippen molar-refractivity contribution in [3.8, 4) is 0 Å². The first-order valence-corrected chi connectivity index (χ1v) is 13.5. The van der Waals surface area contributed by atoms with Gasteiger partial charge in [-0.2, -0.15) is 8.42 Å². The van der Waals surface area contributed by atoms with E-state index >= 15 is 0 Å². The summed E-state index contributed by atoms with van der Waals surface area (Å²) in [4.78, 5) is 22.4. The second-order valence-electron chi connectivity index (χ2n) is 6.48. The number of carbonyl (C=O) groups excluding carboxylic acids is 1. The lowest BCUT2D eigenvalue weighted by Gasteiger charge is -2.19. The first kappa shape index (κ1) is 22.4. The highest BCUT2D eigenvalue weighted by Gasteiger charge is 2.40. The number of thioether (sulfide) groups is 2. The number of nitrogens with zero attached hydrogens (tertiary/aromatic N) is 4. The maximum absolute atomic E-state index is 13.2. The van der Waals surface area contributed by atoms with Crippen LogP contribution in [-0.4, -0.2) is 35.9 Å². The van der Waals surface area contributed by atoms with Crippen LogP contribution in [0, 0.1) is 0 Å². The van der Waals surface area contributed by atoms with Gasteiger partial charge in [0, 0.05) is 33.7 Å². The number of rotatable bonds is 4. The van der Waals surface area contributed by atoms with Crippen molar-refractivity contribution < 1.29 is 13.2 Å². The fourth-order valence-corrected chi connectivity index (χ4v) is 7.29. The molecule has 2 aliphatic rings. The number of thiazole rings is 1. The number of aromatic nitrogens is 1. The Labute approximate surface area is 197 Å². The molecule has 1 saturated heterocycles. The van der Waals surface area contributed by atoms with E-state index in [1.165, 1.54) is 52.3 Å². The van der Waals surface area contributed by atoms with Crippen LogP contribution in [-0.2, 0) is 14.8 Å². The lowest BCUT2D eigenvalue weighted by molar-refractivity contribution is -0.122. The minimum Gasteiger partial charge on any atom is -0.286 e. The van der Waals surface area contributed by atoms with Crippen molar-refractivity contribution in [1.29, 1.82) is 0 Å². The van der Waals surface area contributed by atoms with Crippen molar-refractivity contribution in [3.63, 3.8) is 0 Å². The molecule has 3 heterocycles. The molecule has 0 unspecified atom stereocenters. The molecule has 0 spiro atoms. The van der Waals surface area contributed by atoms with E-state index in [4.69, 9.17) is 11.6 Å². The Morgan fingerprint density at radius 2 is 1.87 bits per heavy atom. The van der Waals surface area contributed by atoms with E-state index in [-0.39, 0.29) is 16.0 Å². The molecule has 1 fully saturated rings. The number of hydrogen-bond acceptors (Lipinski definition) is 8. The second-order valence-corrected chi connectivity index (χ2v) is 11.6. The monoisotopic (exact) mass is 512 g/mol. The first-order chi connectivity index (χ1) is 14.7. The van der Waals surface area contributed by atoms with Crippen LogP contribution in [0.5, 0.6) is 0 Å². The molecule has 0 saturated carbocycles. The van der Waals surface area contributed by atoms with Crippen molar-refractivity contribution in [3.05, 3.63) is 61.4 Å². The van der Waals surface area contributed by atoms with Gasteiger partial charge in [-0.15, -0.1) is 15.7 Å². The third kappa shape index (κ3) is 4.17. The average molecular weight is 513 g/mol. The molecule has 2 aromatic rings. The first-order valence-electron chi connectivity index (χ1n) is 9.12. The highest BCUT2D eigenvalue weighted by Crippen LogP contribution is 2.49. The number of likely N-dealkylation sites (N-methyl/N-ethyl adjacent to an activating group) is 1. The zero-order valence-corrected chi connectivity index (χ0v) is 20.7. The van der Waals surface area contributed by atoms with E-state index in [2.05, 4.69) is 9.38 Å². The van der Waals surface area contributed by atoms with Crippen LogP contribution < -0.4 is 4.90 Å². The maximum atomic E-state index is 13.2. The van der Waals surface area contributed by atoms with E-state index in [0.29, 0.717) is 21.5 Å². The Balaban J connectivity index is 1.77. The number of allylic oxidation sites excluding steroid dienone is 2. The summed E-state index contributed by atoms with van der Waals surface area (Å²) in [5.41, 5.74) is 0.984. The van der Waals surface area contributed by atoms with Crippen molar-refractivity contribution in [2.45, 2.75) is 25.7 Å². The molecule has 0 aliphatic carbocycles. The van der Waals surface area contributed by atoms with Crippen LogP contribution in [0.3, 0.4) is 0 Å². The van der Waals surface area contributed by atoms with Gasteiger partial charge in [0.25, 0.3) is 15.9 Å². The van der Waals surface area contributed by atoms with Crippen molar-refractivity contribution in [1.82, 2.24) is 9.88 Å². The molecular weight excluding hydrogens is 496 g/mol. The molecule has 7 nitrogen and oxygen atoms in total. The van der Waals surface area contributed by atoms with E-state index in [9.17, 15) is 13.2 Å². The Hall–Kier alpha value is -1.79. The highest BCUT2D eigenvalue weighted by molar-refractivity contribution is 8.20. The zero-order valence-electron chi connectivity index (χ0n) is 16.7. The van der Waals surface area contributed by atoms with Gasteiger partial charge in [0.1, 0.15) is 9.93 Å². The minimum atomic E-state index is -4.00. The Kier molecular flexibility index (Phi) is 6.23. The summed E-state index contributed by atoms with van der Waals surface area (Å²) in [5, 5.41) is 3.90. The SMILES string of the molecule is CCN1C(=O)/C(=C2\SC(C)=C(C)N2c2nccs2)S/C1=N/S(=O)(=O)c1ccc(Cl)cc1. The van der Waals surface area contributed by atoms with Crippen LogP contribution in [0.25, 0.3) is 0 Å². The molecule has 31 heavy (non-hydrogen) atoms. The van der Waals surface area contributed by atoms with Gasteiger partial charge in [-0.05, 0) is 56.8 Å². The summed E-state index contributed by atoms with van der Waals surface area (Å²) in [6.45, 7) is 6.03. The predicted molar refractivity (Wildman–Crippen MR) is 129 cm³/mol. The van der Waals surface area contributed by atoms with Crippen molar-refractivity contribution in [2.75, 3.05) is 11.4 Å². The average Bonchev–Trinajstić information content (AvgIpc) is 3.41. The largest absolute Gasteiger partial charge is 0.286 e. The van der Waals surface area contributed by atoms with Crippen LogP contribution in [0.4, 0.5) is 5.13 Å². The van der Waals surface area contributed by atoms with Gasteiger partial charge in [-0.25, -0.2) is 4.98 Å². The van der Waals surface area contributed by atoms with Crippen LogP contribution in [0.2, 0.25) is 5.02 Å². The molecule has 12 heteroatoms. The van der Waals surface area contributed by atoms with E-state index < -0.39 is 10.0 Å². The van der Waals surface area contributed by atoms with Crippen LogP contribution in [0.15, 0.2) is 65.7 Å². The van der Waals surface area contributed by atoms with E-state index in [1.807, 2.05) is 24.1 Å². The number of carbonyl (C=O) groups is 1. The molecular formula is C19H17ClN4O3S4. The summed E-state index contributed by atoms with van der Waals surface area (Å²) >= 11 is 9.87. The zero-order chi connectivity index (χ0) is 22.3. The summed E-state index contributed by atoms with van der Waals surface area (Å²) in [5.74, 6) is -0.274. The fourth-order valence-electron chi connectivity index (χ4n) is 2.92. The molecule has 0 atom stereocenters. The number of sulfonamides is 1. The van der Waals surface area contributed by atoms with Crippen molar-refractivity contribution in [2.24, 2.45) is 4.40 Å². The lowest BCUT2D eigenvalue weighted by atomic mass is 10.4. The number of anilines is 1. The third-order valence-corrected chi connectivity index (χ3v) is 9.37. The number of halogens is 1. The Morgan fingerprint density at radius 1 is 1.16 bits per heavy atom. The quantitative estimate of drug-likeness (QED) is 0.526.